The summed E-state index contributed by atoms with van der Waals surface area (Å²) in [5.41, 5.74) is 0. The third-order valence-electron chi connectivity index (χ3n) is 3.09. The van der Waals surface area contributed by atoms with Gasteiger partial charge in [0.2, 0.25) is 5.76 Å². The van der Waals surface area contributed by atoms with Gasteiger partial charge in [0.1, 0.15) is 5.76 Å². The molecule has 0 spiro atoms. The number of esters is 1. The van der Waals surface area contributed by atoms with Gasteiger partial charge in [0.05, 0.1) is 13.2 Å². The van der Waals surface area contributed by atoms with Crippen molar-refractivity contribution in [1.29, 1.82) is 0 Å². The SMILES string of the molecule is CCc1ccc(CNC(C)c2ccc(C(=O)OC)o2)s1. The average Bonchev–Trinajstić information content (AvgIpc) is 3.12. The first-order valence-electron chi connectivity index (χ1n) is 6.63. The smallest absolute Gasteiger partial charge is 0.373 e. The molecule has 2 heterocycles. The minimum Gasteiger partial charge on any atom is -0.463 e. The first-order chi connectivity index (χ1) is 9.63. The molecule has 0 bridgehead atoms. The molecular weight excluding hydrogens is 274 g/mol. The fourth-order valence-electron chi connectivity index (χ4n) is 1.86. The number of hydrogen-bond donors (Lipinski definition) is 1. The summed E-state index contributed by atoms with van der Waals surface area (Å²) in [4.78, 5) is 14.0. The fourth-order valence-corrected chi connectivity index (χ4v) is 2.77. The van der Waals surface area contributed by atoms with E-state index in [2.05, 4.69) is 29.1 Å². The molecule has 2 aromatic heterocycles. The highest BCUT2D eigenvalue weighted by Crippen LogP contribution is 2.20. The first kappa shape index (κ1) is 14.8. The molecule has 1 atom stereocenters. The third-order valence-corrected chi connectivity index (χ3v) is 4.32. The van der Waals surface area contributed by atoms with Gasteiger partial charge in [-0.1, -0.05) is 6.92 Å². The third kappa shape index (κ3) is 3.49. The highest BCUT2D eigenvalue weighted by atomic mass is 32.1. The molecule has 20 heavy (non-hydrogen) atoms. The summed E-state index contributed by atoms with van der Waals surface area (Å²) in [5, 5.41) is 3.39. The van der Waals surface area contributed by atoms with Gasteiger partial charge in [-0.05, 0) is 37.6 Å². The van der Waals surface area contributed by atoms with Crippen LogP contribution in [0.25, 0.3) is 0 Å². The molecule has 4 nitrogen and oxygen atoms in total. The monoisotopic (exact) mass is 293 g/mol. The minimum absolute atomic E-state index is 0.0422. The molecule has 0 aromatic carbocycles. The van der Waals surface area contributed by atoms with Crippen molar-refractivity contribution in [2.75, 3.05) is 7.11 Å². The van der Waals surface area contributed by atoms with Crippen LogP contribution in [0.4, 0.5) is 0 Å². The molecule has 0 aliphatic heterocycles. The van der Waals surface area contributed by atoms with E-state index >= 15 is 0 Å². The van der Waals surface area contributed by atoms with Crippen LogP contribution in [0.3, 0.4) is 0 Å². The Morgan fingerprint density at radius 3 is 2.75 bits per heavy atom. The van der Waals surface area contributed by atoms with Gasteiger partial charge in [0.15, 0.2) is 0 Å². The molecule has 1 unspecified atom stereocenters. The number of methoxy groups -OCH3 is 1. The van der Waals surface area contributed by atoms with Crippen LogP contribution in [-0.4, -0.2) is 13.1 Å². The first-order valence-corrected chi connectivity index (χ1v) is 7.44. The van der Waals surface area contributed by atoms with Gasteiger partial charge in [0.25, 0.3) is 0 Å². The van der Waals surface area contributed by atoms with Crippen LogP contribution in [0.5, 0.6) is 0 Å². The van der Waals surface area contributed by atoms with E-state index in [1.54, 1.807) is 12.1 Å². The Labute approximate surface area is 122 Å². The molecular formula is C15H19NO3S. The number of nitrogens with one attached hydrogen (secondary N) is 1. The second kappa shape index (κ2) is 6.72. The summed E-state index contributed by atoms with van der Waals surface area (Å²) in [5.74, 6) is 0.521. The molecule has 0 aliphatic carbocycles. The second-order valence-corrected chi connectivity index (χ2v) is 5.77. The predicted octanol–water partition coefficient (Wildman–Crippen LogP) is 3.54. The Kier molecular flexibility index (Phi) is 4.98. The Hall–Kier alpha value is -1.59. The van der Waals surface area contributed by atoms with E-state index in [1.807, 2.05) is 18.3 Å². The standard InChI is InChI=1S/C15H19NO3S/c1-4-11-5-6-12(20-11)9-16-10(2)13-7-8-14(19-13)15(17)18-3/h5-8,10,16H,4,9H2,1-3H3. The number of thiophene rings is 1. The second-order valence-electron chi connectivity index (χ2n) is 4.52. The number of carbonyl (C=O) groups excluding carboxylic acids is 1. The van der Waals surface area contributed by atoms with E-state index in [4.69, 9.17) is 4.42 Å². The highest BCUT2D eigenvalue weighted by Gasteiger charge is 2.15. The zero-order valence-electron chi connectivity index (χ0n) is 11.9. The van der Waals surface area contributed by atoms with Gasteiger partial charge in [-0.25, -0.2) is 4.79 Å². The number of hydrogen-bond acceptors (Lipinski definition) is 5. The van der Waals surface area contributed by atoms with E-state index in [0.29, 0.717) is 0 Å². The van der Waals surface area contributed by atoms with E-state index in [9.17, 15) is 4.79 Å². The van der Waals surface area contributed by atoms with Crippen molar-refractivity contribution in [2.24, 2.45) is 0 Å². The lowest BCUT2D eigenvalue weighted by Crippen LogP contribution is -2.16. The normalized spacial score (nSPS) is 12.3. The van der Waals surface area contributed by atoms with Crippen LogP contribution in [0.1, 0.15) is 46.0 Å². The summed E-state index contributed by atoms with van der Waals surface area (Å²) in [6, 6.07) is 7.79. The Morgan fingerprint density at radius 1 is 1.35 bits per heavy atom. The van der Waals surface area contributed by atoms with E-state index < -0.39 is 5.97 Å². The Balaban J connectivity index is 1.92. The maximum Gasteiger partial charge on any atom is 0.373 e. The maximum absolute atomic E-state index is 11.3. The summed E-state index contributed by atoms with van der Waals surface area (Å²) in [7, 11) is 1.34. The van der Waals surface area contributed by atoms with Gasteiger partial charge in [-0.15, -0.1) is 11.3 Å². The van der Waals surface area contributed by atoms with Crippen molar-refractivity contribution in [3.63, 3.8) is 0 Å². The zero-order valence-corrected chi connectivity index (χ0v) is 12.8. The van der Waals surface area contributed by atoms with Gasteiger partial charge >= 0.3 is 5.97 Å². The lowest BCUT2D eigenvalue weighted by Gasteiger charge is -2.10. The summed E-state index contributed by atoms with van der Waals surface area (Å²) in [6.45, 7) is 4.96. The number of furan rings is 1. The van der Waals surface area contributed by atoms with Crippen LogP contribution >= 0.6 is 11.3 Å². The van der Waals surface area contributed by atoms with Crippen molar-refractivity contribution < 1.29 is 13.9 Å². The van der Waals surface area contributed by atoms with E-state index in [0.717, 1.165) is 18.7 Å². The molecule has 0 amide bonds. The molecule has 2 aromatic rings. The summed E-state index contributed by atoms with van der Waals surface area (Å²) in [6.07, 6.45) is 1.07. The number of carbonyl (C=O) groups is 1. The van der Waals surface area contributed by atoms with Crippen LogP contribution in [-0.2, 0) is 17.7 Å². The van der Waals surface area contributed by atoms with E-state index in [-0.39, 0.29) is 11.8 Å². The summed E-state index contributed by atoms with van der Waals surface area (Å²) >= 11 is 1.82. The molecule has 0 aliphatic rings. The van der Waals surface area contributed by atoms with Crippen LogP contribution in [0, 0.1) is 0 Å². The molecule has 108 valence electrons. The average molecular weight is 293 g/mol. The lowest BCUT2D eigenvalue weighted by atomic mass is 10.2. The van der Waals surface area contributed by atoms with Crippen molar-refractivity contribution in [1.82, 2.24) is 5.32 Å². The minimum atomic E-state index is -0.450. The van der Waals surface area contributed by atoms with Crippen molar-refractivity contribution in [3.8, 4) is 0 Å². The molecule has 0 fully saturated rings. The van der Waals surface area contributed by atoms with E-state index in [1.165, 1.54) is 16.9 Å². The summed E-state index contributed by atoms with van der Waals surface area (Å²) < 4.78 is 10.1. The Bertz CT molecular complexity index is 573. The molecule has 1 N–H and O–H groups in total. The molecule has 0 saturated heterocycles. The van der Waals surface area contributed by atoms with Crippen molar-refractivity contribution in [3.05, 3.63) is 45.5 Å². The lowest BCUT2D eigenvalue weighted by molar-refractivity contribution is 0.0562. The van der Waals surface area contributed by atoms with Gasteiger partial charge in [0, 0.05) is 16.3 Å². The molecule has 0 radical (unpaired) electrons. The van der Waals surface area contributed by atoms with Crippen LogP contribution < -0.4 is 5.32 Å². The molecule has 5 heteroatoms. The van der Waals surface area contributed by atoms with Crippen LogP contribution in [0.2, 0.25) is 0 Å². The molecule has 0 saturated carbocycles. The number of rotatable bonds is 6. The fraction of sp³-hybridized carbons (Fsp3) is 0.400. The quantitative estimate of drug-likeness (QED) is 0.828. The van der Waals surface area contributed by atoms with Gasteiger partial charge in [-0.2, -0.15) is 0 Å². The predicted molar refractivity (Wildman–Crippen MR) is 79.0 cm³/mol. The van der Waals surface area contributed by atoms with Gasteiger partial charge < -0.3 is 14.5 Å². The largest absolute Gasteiger partial charge is 0.463 e. The van der Waals surface area contributed by atoms with Gasteiger partial charge in [-0.3, -0.25) is 0 Å². The highest BCUT2D eigenvalue weighted by molar-refractivity contribution is 7.11. The maximum atomic E-state index is 11.3. The van der Waals surface area contributed by atoms with Crippen molar-refractivity contribution >= 4 is 17.3 Å². The zero-order chi connectivity index (χ0) is 14.5. The topological polar surface area (TPSA) is 51.5 Å². The number of ether oxygens (including phenoxy) is 1. The number of aryl methyl sites for hydroxylation is 1. The molecule has 2 rings (SSSR count). The van der Waals surface area contributed by atoms with Crippen molar-refractivity contribution in [2.45, 2.75) is 32.9 Å². The van der Waals surface area contributed by atoms with Crippen LogP contribution in [0.15, 0.2) is 28.7 Å². The Morgan fingerprint density at radius 2 is 2.10 bits per heavy atom.